The standard InChI is InChI=1S/C64H124O17P2/c1-7-10-12-14-16-18-20-21-23-25-27-36-42-48-63(68)80-59(52-74-61(66)46-40-34-26-24-22-19-17-15-13-11-8-2)54-78-82(70,71)76-50-58(65)51-77-83(72,73)79-55-60(53-75-62(67)47-41-35-30-28-32-38-44-56(4)5)81-64(69)49-43-37-31-29-33-39-45-57(6)9-3/h56-60,65H,7-55H2,1-6H3,(H,70,71)(H,72,73)/t57?,58-,59-,60-/m1/s1. The van der Waals surface area contributed by atoms with Gasteiger partial charge in [0.05, 0.1) is 26.4 Å². The van der Waals surface area contributed by atoms with Crippen molar-refractivity contribution in [2.24, 2.45) is 11.8 Å². The maximum atomic E-state index is 13.0. The van der Waals surface area contributed by atoms with Crippen LogP contribution in [0.3, 0.4) is 0 Å². The Morgan fingerprint density at radius 1 is 0.349 bits per heavy atom. The molecule has 3 unspecified atom stereocenters. The molecule has 0 aromatic carbocycles. The summed E-state index contributed by atoms with van der Waals surface area (Å²) in [5.41, 5.74) is 0. The zero-order chi connectivity index (χ0) is 61.5. The molecule has 17 nitrogen and oxygen atoms in total. The molecule has 0 heterocycles. The van der Waals surface area contributed by atoms with Crippen LogP contribution in [0.15, 0.2) is 0 Å². The largest absolute Gasteiger partial charge is 0.472 e. The van der Waals surface area contributed by atoms with Gasteiger partial charge in [-0.3, -0.25) is 37.3 Å². The van der Waals surface area contributed by atoms with E-state index in [-0.39, 0.29) is 25.7 Å². The number of carbonyl (C=O) groups is 4. The van der Waals surface area contributed by atoms with Crippen molar-refractivity contribution in [3.8, 4) is 0 Å². The summed E-state index contributed by atoms with van der Waals surface area (Å²) in [7, 11) is -9.89. The van der Waals surface area contributed by atoms with E-state index in [2.05, 4.69) is 41.5 Å². The molecule has 492 valence electrons. The highest BCUT2D eigenvalue weighted by Crippen LogP contribution is 2.45. The number of hydrogen-bond donors (Lipinski definition) is 3. The van der Waals surface area contributed by atoms with Crippen LogP contribution in [0.1, 0.15) is 318 Å². The second kappa shape index (κ2) is 56.6. The van der Waals surface area contributed by atoms with Crippen molar-refractivity contribution < 1.29 is 80.2 Å². The minimum Gasteiger partial charge on any atom is -0.462 e. The predicted octanol–water partition coefficient (Wildman–Crippen LogP) is 17.7. The lowest BCUT2D eigenvalue weighted by atomic mass is 10.00. The molecule has 0 amide bonds. The van der Waals surface area contributed by atoms with Gasteiger partial charge < -0.3 is 33.8 Å². The number of ether oxygens (including phenoxy) is 4. The van der Waals surface area contributed by atoms with Gasteiger partial charge in [0.25, 0.3) is 0 Å². The van der Waals surface area contributed by atoms with Crippen molar-refractivity contribution in [1.29, 1.82) is 0 Å². The molecule has 0 saturated carbocycles. The number of aliphatic hydroxyl groups is 1. The fraction of sp³-hybridized carbons (Fsp3) is 0.938. The SMILES string of the molecule is CCCCCCCCCCCCCCCC(=O)O[C@H](COC(=O)CCCCCCCCCCCCC)COP(=O)(O)OC[C@@H](O)COP(=O)(O)OC[C@@H](COC(=O)CCCCCCCCC(C)C)OC(=O)CCCCCCCCC(C)CC. The number of phosphoric acid groups is 2. The fourth-order valence-corrected chi connectivity index (χ4v) is 11.1. The van der Waals surface area contributed by atoms with Crippen LogP contribution in [0.2, 0.25) is 0 Å². The van der Waals surface area contributed by atoms with Crippen LogP contribution in [0.4, 0.5) is 0 Å². The van der Waals surface area contributed by atoms with Gasteiger partial charge in [-0.05, 0) is 37.5 Å². The van der Waals surface area contributed by atoms with Gasteiger partial charge in [0.1, 0.15) is 19.3 Å². The van der Waals surface area contributed by atoms with Crippen molar-refractivity contribution >= 4 is 39.5 Å². The minimum atomic E-state index is -4.94. The Morgan fingerprint density at radius 2 is 0.614 bits per heavy atom. The van der Waals surface area contributed by atoms with Gasteiger partial charge in [0.2, 0.25) is 0 Å². The number of rotatable bonds is 63. The van der Waals surface area contributed by atoms with E-state index in [1.807, 2.05) is 0 Å². The van der Waals surface area contributed by atoms with E-state index in [0.717, 1.165) is 102 Å². The van der Waals surface area contributed by atoms with Crippen LogP contribution < -0.4 is 0 Å². The maximum absolute atomic E-state index is 13.0. The highest BCUT2D eigenvalue weighted by atomic mass is 31.2. The fourth-order valence-electron chi connectivity index (χ4n) is 9.50. The Hall–Kier alpha value is -1.94. The zero-order valence-corrected chi connectivity index (χ0v) is 55.3. The van der Waals surface area contributed by atoms with Gasteiger partial charge in [-0.25, -0.2) is 9.13 Å². The topological polar surface area (TPSA) is 237 Å². The quantitative estimate of drug-likeness (QED) is 0.0222. The molecule has 0 aliphatic heterocycles. The molecule has 0 aliphatic rings. The Bertz CT molecular complexity index is 1630. The molecule has 6 atom stereocenters. The first kappa shape index (κ1) is 81.1. The lowest BCUT2D eigenvalue weighted by Crippen LogP contribution is -2.30. The number of hydrogen-bond acceptors (Lipinski definition) is 15. The highest BCUT2D eigenvalue weighted by molar-refractivity contribution is 7.47. The van der Waals surface area contributed by atoms with E-state index in [0.29, 0.717) is 31.6 Å². The molecule has 0 fully saturated rings. The van der Waals surface area contributed by atoms with Crippen molar-refractivity contribution in [3.05, 3.63) is 0 Å². The van der Waals surface area contributed by atoms with Crippen LogP contribution in [0.25, 0.3) is 0 Å². The predicted molar refractivity (Wildman–Crippen MR) is 331 cm³/mol. The lowest BCUT2D eigenvalue weighted by Gasteiger charge is -2.21. The Balaban J connectivity index is 5.25. The van der Waals surface area contributed by atoms with Crippen molar-refractivity contribution in [2.45, 2.75) is 336 Å². The maximum Gasteiger partial charge on any atom is 0.472 e. The van der Waals surface area contributed by atoms with E-state index >= 15 is 0 Å². The van der Waals surface area contributed by atoms with E-state index in [4.69, 9.17) is 37.0 Å². The Labute approximate surface area is 505 Å². The summed E-state index contributed by atoms with van der Waals surface area (Å²) in [5.74, 6) is -0.737. The third-order valence-electron chi connectivity index (χ3n) is 15.1. The van der Waals surface area contributed by atoms with Crippen molar-refractivity contribution in [2.75, 3.05) is 39.6 Å². The zero-order valence-electron chi connectivity index (χ0n) is 53.5. The Kier molecular flexibility index (Phi) is 55.2. The lowest BCUT2D eigenvalue weighted by molar-refractivity contribution is -0.161. The van der Waals surface area contributed by atoms with E-state index in [1.165, 1.54) is 128 Å². The first-order chi connectivity index (χ1) is 39.9. The number of phosphoric ester groups is 2. The normalized spacial score (nSPS) is 14.6. The molecule has 0 aliphatic carbocycles. The number of aliphatic hydroxyl groups excluding tert-OH is 1. The van der Waals surface area contributed by atoms with Crippen LogP contribution >= 0.6 is 15.6 Å². The summed E-state index contributed by atoms with van der Waals surface area (Å²) < 4.78 is 68.0. The molecule has 0 bridgehead atoms. The van der Waals surface area contributed by atoms with E-state index < -0.39 is 97.5 Å². The Morgan fingerprint density at radius 3 is 0.916 bits per heavy atom. The molecule has 83 heavy (non-hydrogen) atoms. The summed E-state index contributed by atoms with van der Waals surface area (Å²) in [5, 5.41) is 10.5. The van der Waals surface area contributed by atoms with E-state index in [1.54, 1.807) is 0 Å². The van der Waals surface area contributed by atoms with Crippen LogP contribution in [-0.2, 0) is 65.4 Å². The third kappa shape index (κ3) is 57.6. The summed E-state index contributed by atoms with van der Waals surface area (Å²) in [6.07, 6.45) is 39.0. The number of unbranched alkanes of at least 4 members (excludes halogenated alkanes) is 32. The van der Waals surface area contributed by atoms with Crippen LogP contribution in [-0.4, -0.2) is 96.7 Å². The van der Waals surface area contributed by atoms with E-state index in [9.17, 15) is 43.2 Å². The molecule has 0 spiro atoms. The van der Waals surface area contributed by atoms with Gasteiger partial charge >= 0.3 is 39.5 Å². The molecular weight excluding hydrogens is 1100 g/mol. The molecular formula is C64H124O17P2. The molecule has 0 rings (SSSR count). The average molecular weight is 1230 g/mol. The molecule has 19 heteroatoms. The monoisotopic (exact) mass is 1230 g/mol. The number of carbonyl (C=O) groups excluding carboxylic acids is 4. The molecule has 3 N–H and O–H groups in total. The van der Waals surface area contributed by atoms with Crippen molar-refractivity contribution in [1.82, 2.24) is 0 Å². The first-order valence-electron chi connectivity index (χ1n) is 33.5. The second-order valence-electron chi connectivity index (χ2n) is 23.9. The molecule has 0 saturated heterocycles. The van der Waals surface area contributed by atoms with Gasteiger partial charge in [0, 0.05) is 25.7 Å². The second-order valence-corrected chi connectivity index (χ2v) is 26.8. The minimum absolute atomic E-state index is 0.102. The number of esters is 4. The summed E-state index contributed by atoms with van der Waals surface area (Å²) in [6, 6.07) is 0. The average Bonchev–Trinajstić information content (AvgIpc) is 3.45. The van der Waals surface area contributed by atoms with Gasteiger partial charge in [-0.2, -0.15) is 0 Å². The van der Waals surface area contributed by atoms with Gasteiger partial charge in [-0.15, -0.1) is 0 Å². The first-order valence-corrected chi connectivity index (χ1v) is 36.5. The van der Waals surface area contributed by atoms with Gasteiger partial charge in [0.15, 0.2) is 12.2 Å². The third-order valence-corrected chi connectivity index (χ3v) is 17.0. The van der Waals surface area contributed by atoms with Crippen LogP contribution in [0, 0.1) is 11.8 Å². The molecule has 0 aromatic heterocycles. The summed E-state index contributed by atoms with van der Waals surface area (Å²) in [4.78, 5) is 72.2. The van der Waals surface area contributed by atoms with Crippen molar-refractivity contribution in [3.63, 3.8) is 0 Å². The van der Waals surface area contributed by atoms with Crippen LogP contribution in [0.5, 0.6) is 0 Å². The summed E-state index contributed by atoms with van der Waals surface area (Å²) in [6.45, 7) is 9.36. The smallest absolute Gasteiger partial charge is 0.462 e. The highest BCUT2D eigenvalue weighted by Gasteiger charge is 2.30. The summed E-state index contributed by atoms with van der Waals surface area (Å²) >= 11 is 0. The molecule has 0 aromatic rings. The van der Waals surface area contributed by atoms with Gasteiger partial charge in [-0.1, -0.05) is 266 Å². The molecule has 0 radical (unpaired) electrons.